The van der Waals surface area contributed by atoms with Crippen LogP contribution in [0.3, 0.4) is 0 Å². The predicted molar refractivity (Wildman–Crippen MR) is 88.2 cm³/mol. The molecule has 1 unspecified atom stereocenters. The van der Waals surface area contributed by atoms with Gasteiger partial charge in [0.1, 0.15) is 0 Å². The van der Waals surface area contributed by atoms with Gasteiger partial charge in [-0.25, -0.2) is 8.42 Å². The minimum absolute atomic E-state index is 0.186. The third-order valence-corrected chi connectivity index (χ3v) is 4.67. The standard InChI is InChI=1S/C17H19NO3S/c1-3-6-17(19)15-7-4-5-8-16(15)18-22(20,21)14-11-9-13(2)10-12-14/h3-5,7-12,17-19H,1,6H2,2H3. The number of rotatable bonds is 6. The van der Waals surface area contributed by atoms with Crippen LogP contribution in [0.15, 0.2) is 66.1 Å². The second-order valence-corrected chi connectivity index (χ2v) is 6.73. The van der Waals surface area contributed by atoms with E-state index in [9.17, 15) is 13.5 Å². The molecule has 116 valence electrons. The molecule has 0 aromatic heterocycles. The molecule has 2 N–H and O–H groups in total. The summed E-state index contributed by atoms with van der Waals surface area (Å²) in [5.41, 5.74) is 1.89. The number of para-hydroxylation sites is 1. The molecule has 0 heterocycles. The summed E-state index contributed by atoms with van der Waals surface area (Å²) in [5.74, 6) is 0. The Hall–Kier alpha value is -2.11. The van der Waals surface area contributed by atoms with E-state index >= 15 is 0 Å². The molecule has 4 nitrogen and oxygen atoms in total. The van der Waals surface area contributed by atoms with Crippen molar-refractivity contribution < 1.29 is 13.5 Å². The van der Waals surface area contributed by atoms with E-state index in [1.165, 1.54) is 0 Å². The number of nitrogens with one attached hydrogen (secondary N) is 1. The highest BCUT2D eigenvalue weighted by Crippen LogP contribution is 2.27. The Bertz CT molecular complexity index is 752. The molecule has 0 aliphatic carbocycles. The average molecular weight is 317 g/mol. The molecule has 0 bridgehead atoms. The summed E-state index contributed by atoms with van der Waals surface area (Å²) in [6.07, 6.45) is 1.15. The Labute approximate surface area is 131 Å². The minimum Gasteiger partial charge on any atom is -0.388 e. The van der Waals surface area contributed by atoms with Crippen molar-refractivity contribution in [1.82, 2.24) is 0 Å². The molecule has 0 fully saturated rings. The molecule has 22 heavy (non-hydrogen) atoms. The van der Waals surface area contributed by atoms with E-state index in [0.717, 1.165) is 5.56 Å². The van der Waals surface area contributed by atoms with E-state index in [0.29, 0.717) is 17.7 Å². The first kappa shape index (κ1) is 16.3. The summed E-state index contributed by atoms with van der Waals surface area (Å²) in [4.78, 5) is 0.186. The third kappa shape index (κ3) is 3.75. The molecule has 5 heteroatoms. The van der Waals surface area contributed by atoms with Gasteiger partial charge in [-0.3, -0.25) is 4.72 Å². The molecular formula is C17H19NO3S. The van der Waals surface area contributed by atoms with Gasteiger partial charge in [0.05, 0.1) is 16.7 Å². The highest BCUT2D eigenvalue weighted by Gasteiger charge is 2.18. The summed E-state index contributed by atoms with van der Waals surface area (Å²) in [6, 6.07) is 13.4. The first-order valence-corrected chi connectivity index (χ1v) is 8.40. The second-order valence-electron chi connectivity index (χ2n) is 5.05. The Morgan fingerprint density at radius 1 is 1.18 bits per heavy atom. The van der Waals surface area contributed by atoms with Gasteiger partial charge in [0.15, 0.2) is 0 Å². The lowest BCUT2D eigenvalue weighted by Crippen LogP contribution is -2.15. The van der Waals surface area contributed by atoms with E-state index in [1.54, 1.807) is 54.6 Å². The molecule has 2 aromatic carbocycles. The first-order chi connectivity index (χ1) is 10.4. The molecule has 2 rings (SSSR count). The molecule has 0 aliphatic heterocycles. The van der Waals surface area contributed by atoms with Gasteiger partial charge >= 0.3 is 0 Å². The predicted octanol–water partition coefficient (Wildman–Crippen LogP) is 3.41. The Kier molecular flexibility index (Phi) is 5.00. The van der Waals surface area contributed by atoms with Gasteiger partial charge in [-0.05, 0) is 31.5 Å². The maximum atomic E-state index is 12.4. The van der Waals surface area contributed by atoms with Gasteiger partial charge in [-0.15, -0.1) is 6.58 Å². The maximum Gasteiger partial charge on any atom is 0.261 e. The average Bonchev–Trinajstić information content (AvgIpc) is 2.48. The van der Waals surface area contributed by atoms with Crippen molar-refractivity contribution in [2.75, 3.05) is 4.72 Å². The largest absolute Gasteiger partial charge is 0.388 e. The first-order valence-electron chi connectivity index (χ1n) is 6.91. The fourth-order valence-electron chi connectivity index (χ4n) is 2.09. The van der Waals surface area contributed by atoms with Crippen molar-refractivity contribution in [3.63, 3.8) is 0 Å². The zero-order valence-electron chi connectivity index (χ0n) is 12.4. The molecule has 0 spiro atoms. The lowest BCUT2D eigenvalue weighted by atomic mass is 10.1. The highest BCUT2D eigenvalue weighted by molar-refractivity contribution is 7.92. The summed E-state index contributed by atoms with van der Waals surface area (Å²) in [5, 5.41) is 10.1. The number of hydrogen-bond acceptors (Lipinski definition) is 3. The lowest BCUT2D eigenvalue weighted by Gasteiger charge is -2.16. The Morgan fingerprint density at radius 2 is 1.82 bits per heavy atom. The lowest BCUT2D eigenvalue weighted by molar-refractivity contribution is 0.182. The quantitative estimate of drug-likeness (QED) is 0.802. The summed E-state index contributed by atoms with van der Waals surface area (Å²) >= 11 is 0. The van der Waals surface area contributed by atoms with Crippen LogP contribution >= 0.6 is 0 Å². The van der Waals surface area contributed by atoms with Crippen molar-refractivity contribution in [3.05, 3.63) is 72.3 Å². The highest BCUT2D eigenvalue weighted by atomic mass is 32.2. The number of aliphatic hydroxyl groups excluding tert-OH is 1. The van der Waals surface area contributed by atoms with Crippen LogP contribution in [0.1, 0.15) is 23.7 Å². The molecule has 1 atom stereocenters. The fourth-order valence-corrected chi connectivity index (χ4v) is 3.17. The van der Waals surface area contributed by atoms with Crippen LogP contribution in [0, 0.1) is 6.92 Å². The fraction of sp³-hybridized carbons (Fsp3) is 0.176. The van der Waals surface area contributed by atoms with Crippen LogP contribution in [0.4, 0.5) is 5.69 Å². The van der Waals surface area contributed by atoms with Crippen LogP contribution in [-0.2, 0) is 10.0 Å². The number of aryl methyl sites for hydroxylation is 1. The summed E-state index contributed by atoms with van der Waals surface area (Å²) in [6.45, 7) is 5.48. The van der Waals surface area contributed by atoms with Crippen molar-refractivity contribution in [2.45, 2.75) is 24.3 Å². The summed E-state index contributed by atoms with van der Waals surface area (Å²) < 4.78 is 27.4. The second kappa shape index (κ2) is 6.77. The smallest absolute Gasteiger partial charge is 0.261 e. The number of anilines is 1. The van der Waals surface area contributed by atoms with Gasteiger partial charge in [0, 0.05) is 5.56 Å². The molecule has 0 saturated carbocycles. The van der Waals surface area contributed by atoms with Crippen molar-refractivity contribution >= 4 is 15.7 Å². The third-order valence-electron chi connectivity index (χ3n) is 3.29. The maximum absolute atomic E-state index is 12.4. The molecule has 2 aromatic rings. The Morgan fingerprint density at radius 3 is 2.45 bits per heavy atom. The number of benzene rings is 2. The number of sulfonamides is 1. The zero-order valence-corrected chi connectivity index (χ0v) is 13.2. The van der Waals surface area contributed by atoms with Crippen molar-refractivity contribution in [2.24, 2.45) is 0 Å². The van der Waals surface area contributed by atoms with E-state index < -0.39 is 16.1 Å². The molecule has 0 saturated heterocycles. The SMILES string of the molecule is C=CCC(O)c1ccccc1NS(=O)(=O)c1ccc(C)cc1. The van der Waals surface area contributed by atoms with Gasteiger partial charge in [-0.2, -0.15) is 0 Å². The van der Waals surface area contributed by atoms with E-state index in [2.05, 4.69) is 11.3 Å². The molecule has 0 radical (unpaired) electrons. The topological polar surface area (TPSA) is 66.4 Å². The normalized spacial score (nSPS) is 12.6. The van der Waals surface area contributed by atoms with Crippen LogP contribution in [0.5, 0.6) is 0 Å². The Balaban J connectivity index is 2.34. The minimum atomic E-state index is -3.69. The van der Waals surface area contributed by atoms with Crippen LogP contribution < -0.4 is 4.72 Å². The molecular weight excluding hydrogens is 298 g/mol. The zero-order chi connectivity index (χ0) is 16.2. The van der Waals surface area contributed by atoms with Crippen LogP contribution in [0.25, 0.3) is 0 Å². The number of hydrogen-bond donors (Lipinski definition) is 2. The molecule has 0 aliphatic rings. The van der Waals surface area contributed by atoms with Crippen LogP contribution in [0.2, 0.25) is 0 Å². The van der Waals surface area contributed by atoms with E-state index in [-0.39, 0.29) is 4.90 Å². The van der Waals surface area contributed by atoms with Crippen LogP contribution in [-0.4, -0.2) is 13.5 Å². The number of aliphatic hydroxyl groups is 1. The van der Waals surface area contributed by atoms with Crippen molar-refractivity contribution in [3.8, 4) is 0 Å². The van der Waals surface area contributed by atoms with Gasteiger partial charge in [0.25, 0.3) is 10.0 Å². The van der Waals surface area contributed by atoms with E-state index in [1.807, 2.05) is 6.92 Å². The summed E-state index contributed by atoms with van der Waals surface area (Å²) in [7, 11) is -3.69. The molecule has 0 amide bonds. The van der Waals surface area contributed by atoms with Crippen molar-refractivity contribution in [1.29, 1.82) is 0 Å². The monoisotopic (exact) mass is 317 g/mol. The van der Waals surface area contributed by atoms with E-state index in [4.69, 9.17) is 0 Å². The van der Waals surface area contributed by atoms with Gasteiger partial charge in [-0.1, -0.05) is 42.0 Å². The van der Waals surface area contributed by atoms with Gasteiger partial charge < -0.3 is 5.11 Å². The van der Waals surface area contributed by atoms with Gasteiger partial charge in [0.2, 0.25) is 0 Å².